The number of phenols is 1. The molecule has 2 saturated heterocycles. The maximum absolute atomic E-state index is 12.7. The summed E-state index contributed by atoms with van der Waals surface area (Å²) in [5.74, 6) is -2.19. The number of nitrogens with zero attached hydrogens (tertiary/aromatic N) is 1. The zero-order valence-electron chi connectivity index (χ0n) is 14.6. The number of carboxylic acid groups (broad SMARTS) is 1. The lowest BCUT2D eigenvalue weighted by atomic mass is 9.93. The molecule has 1 aromatic rings. The summed E-state index contributed by atoms with van der Waals surface area (Å²) in [6, 6.07) is 5.42. The number of phenolic OH excluding ortho intramolecular Hbond substituents is 1. The molecule has 140 valence electrons. The fourth-order valence-corrected chi connectivity index (χ4v) is 5.14. The third kappa shape index (κ3) is 2.62. The molecule has 2 fully saturated rings. The summed E-state index contributed by atoms with van der Waals surface area (Å²) in [5, 5.41) is 21.2. The van der Waals surface area contributed by atoms with Crippen LogP contribution in [0.1, 0.15) is 19.4 Å². The standard InChI is InChI=1S/C17H20N2O6S/c1-16(2)12(13(22)23)19-14(24)17(25-3,15(19)26-16)18-11(21)8-9-6-4-5-7-10(9)20/h4-7,12,15,20H,8H2,1-3H3,(H,18,21)(H,22,23)/t12-,15+,17+/m0/s1. The quantitative estimate of drug-likeness (QED) is 0.504. The predicted octanol–water partition coefficient (Wildman–Crippen LogP) is 0.540. The maximum Gasteiger partial charge on any atom is 0.327 e. The largest absolute Gasteiger partial charge is 0.508 e. The van der Waals surface area contributed by atoms with Crippen molar-refractivity contribution in [2.75, 3.05) is 7.11 Å². The Hall–Kier alpha value is -2.26. The number of aromatic hydroxyl groups is 1. The van der Waals surface area contributed by atoms with Gasteiger partial charge in [-0.05, 0) is 19.9 Å². The number of nitrogens with one attached hydrogen (secondary N) is 1. The predicted molar refractivity (Wildman–Crippen MR) is 93.4 cm³/mol. The van der Waals surface area contributed by atoms with Gasteiger partial charge in [-0.15, -0.1) is 11.8 Å². The molecule has 0 radical (unpaired) electrons. The van der Waals surface area contributed by atoms with Crippen molar-refractivity contribution in [3.8, 4) is 5.75 Å². The van der Waals surface area contributed by atoms with Crippen LogP contribution in [0.4, 0.5) is 0 Å². The molecular formula is C17H20N2O6S. The minimum absolute atomic E-state index is 0.0157. The van der Waals surface area contributed by atoms with Crippen LogP contribution in [0.5, 0.6) is 5.75 Å². The van der Waals surface area contributed by atoms with Gasteiger partial charge in [0.15, 0.2) is 0 Å². The van der Waals surface area contributed by atoms with Crippen molar-refractivity contribution in [1.29, 1.82) is 0 Å². The van der Waals surface area contributed by atoms with Crippen LogP contribution >= 0.6 is 11.8 Å². The first-order valence-electron chi connectivity index (χ1n) is 8.00. The van der Waals surface area contributed by atoms with E-state index in [4.69, 9.17) is 4.74 Å². The van der Waals surface area contributed by atoms with Crippen molar-refractivity contribution in [3.05, 3.63) is 29.8 Å². The van der Waals surface area contributed by atoms with E-state index in [-0.39, 0.29) is 12.2 Å². The molecule has 1 aromatic carbocycles. The summed E-state index contributed by atoms with van der Waals surface area (Å²) in [7, 11) is 1.30. The van der Waals surface area contributed by atoms with Gasteiger partial charge in [-0.3, -0.25) is 9.59 Å². The summed E-state index contributed by atoms with van der Waals surface area (Å²) in [6.45, 7) is 3.48. The van der Waals surface area contributed by atoms with E-state index in [1.807, 2.05) is 0 Å². The number of hydrogen-bond acceptors (Lipinski definition) is 6. The maximum atomic E-state index is 12.7. The van der Waals surface area contributed by atoms with E-state index in [1.165, 1.54) is 29.8 Å². The van der Waals surface area contributed by atoms with Gasteiger partial charge in [-0.2, -0.15) is 0 Å². The number of methoxy groups -OCH3 is 1. The van der Waals surface area contributed by atoms with Gasteiger partial charge in [-0.25, -0.2) is 4.79 Å². The number of aliphatic carboxylic acids is 1. The van der Waals surface area contributed by atoms with Gasteiger partial charge < -0.3 is 25.2 Å². The van der Waals surface area contributed by atoms with Crippen molar-refractivity contribution < 1.29 is 29.3 Å². The van der Waals surface area contributed by atoms with E-state index < -0.39 is 39.7 Å². The van der Waals surface area contributed by atoms with Gasteiger partial charge in [-0.1, -0.05) is 18.2 Å². The third-order valence-corrected chi connectivity index (χ3v) is 6.34. The Morgan fingerprint density at radius 3 is 2.58 bits per heavy atom. The zero-order chi connectivity index (χ0) is 19.3. The van der Waals surface area contributed by atoms with Gasteiger partial charge in [0.25, 0.3) is 11.6 Å². The highest BCUT2D eigenvalue weighted by molar-refractivity contribution is 8.01. The molecule has 26 heavy (non-hydrogen) atoms. The lowest BCUT2D eigenvalue weighted by Gasteiger charge is -2.51. The minimum Gasteiger partial charge on any atom is -0.508 e. The van der Waals surface area contributed by atoms with Crippen LogP contribution < -0.4 is 5.32 Å². The molecule has 2 amide bonds. The molecule has 0 aliphatic carbocycles. The van der Waals surface area contributed by atoms with E-state index in [2.05, 4.69) is 5.32 Å². The first-order chi connectivity index (χ1) is 12.1. The fraction of sp³-hybridized carbons (Fsp3) is 0.471. The van der Waals surface area contributed by atoms with Crippen LogP contribution in [-0.2, 0) is 25.5 Å². The van der Waals surface area contributed by atoms with Crippen LogP contribution in [-0.4, -0.2) is 61.9 Å². The van der Waals surface area contributed by atoms with E-state index in [0.717, 1.165) is 0 Å². The average molecular weight is 380 g/mol. The second-order valence-electron chi connectivity index (χ2n) is 6.82. The van der Waals surface area contributed by atoms with Crippen LogP contribution in [0.25, 0.3) is 0 Å². The van der Waals surface area contributed by atoms with Crippen LogP contribution in [0.2, 0.25) is 0 Å². The first-order valence-corrected chi connectivity index (χ1v) is 8.88. The molecule has 0 unspecified atom stereocenters. The molecule has 2 heterocycles. The van der Waals surface area contributed by atoms with Crippen LogP contribution in [0.3, 0.4) is 0 Å². The molecule has 0 bridgehead atoms. The molecule has 9 heteroatoms. The van der Waals surface area contributed by atoms with Gasteiger partial charge in [0, 0.05) is 17.4 Å². The van der Waals surface area contributed by atoms with Gasteiger partial charge in [0.05, 0.1) is 6.42 Å². The summed E-state index contributed by atoms with van der Waals surface area (Å²) in [5.41, 5.74) is -1.18. The smallest absolute Gasteiger partial charge is 0.327 e. The molecule has 8 nitrogen and oxygen atoms in total. The normalized spacial score (nSPS) is 29.0. The fourth-order valence-electron chi connectivity index (χ4n) is 3.47. The van der Waals surface area contributed by atoms with Crippen molar-refractivity contribution >= 4 is 29.5 Å². The lowest BCUT2D eigenvalue weighted by Crippen LogP contribution is -2.80. The number of benzene rings is 1. The molecule has 3 atom stereocenters. The highest BCUT2D eigenvalue weighted by Gasteiger charge is 2.73. The molecule has 0 saturated carbocycles. The van der Waals surface area contributed by atoms with Crippen LogP contribution in [0.15, 0.2) is 24.3 Å². The molecule has 2 aliphatic heterocycles. The molecule has 0 spiro atoms. The van der Waals surface area contributed by atoms with E-state index in [0.29, 0.717) is 5.56 Å². The number of fused-ring (bicyclic) bond motifs is 1. The van der Waals surface area contributed by atoms with Gasteiger partial charge in [0.2, 0.25) is 5.91 Å². The van der Waals surface area contributed by atoms with Crippen molar-refractivity contribution in [3.63, 3.8) is 0 Å². The number of hydrogen-bond donors (Lipinski definition) is 3. The second kappa shape index (κ2) is 6.17. The van der Waals surface area contributed by atoms with E-state index in [1.54, 1.807) is 32.0 Å². The monoisotopic (exact) mass is 380 g/mol. The van der Waals surface area contributed by atoms with E-state index in [9.17, 15) is 24.6 Å². The number of amides is 2. The zero-order valence-corrected chi connectivity index (χ0v) is 15.4. The lowest BCUT2D eigenvalue weighted by molar-refractivity contribution is -0.201. The Morgan fingerprint density at radius 2 is 2.00 bits per heavy atom. The van der Waals surface area contributed by atoms with Gasteiger partial charge >= 0.3 is 5.97 Å². The first kappa shape index (κ1) is 18.5. The van der Waals surface area contributed by atoms with Crippen LogP contribution in [0, 0.1) is 0 Å². The number of carboxylic acids is 1. The molecule has 0 aromatic heterocycles. The Bertz CT molecular complexity index is 782. The molecule has 3 rings (SSSR count). The van der Waals surface area contributed by atoms with E-state index >= 15 is 0 Å². The molecular weight excluding hydrogens is 360 g/mol. The van der Waals surface area contributed by atoms with Crippen molar-refractivity contribution in [2.24, 2.45) is 0 Å². The number of rotatable bonds is 5. The topological polar surface area (TPSA) is 116 Å². The summed E-state index contributed by atoms with van der Waals surface area (Å²) in [6.07, 6.45) is -0.131. The highest BCUT2D eigenvalue weighted by Crippen LogP contribution is 2.55. The number of para-hydroxylation sites is 1. The Balaban J connectivity index is 1.81. The minimum atomic E-state index is -1.60. The average Bonchev–Trinajstić information content (AvgIpc) is 2.84. The third-order valence-electron chi connectivity index (χ3n) is 4.73. The molecule has 3 N–H and O–H groups in total. The number of carbonyl (C=O) groups excluding carboxylic acids is 2. The van der Waals surface area contributed by atoms with Gasteiger partial charge in [0.1, 0.15) is 17.2 Å². The number of carbonyl (C=O) groups is 3. The summed E-state index contributed by atoms with van der Waals surface area (Å²) in [4.78, 5) is 38.0. The number of β-lactam (4-membered cyclic amide) rings is 1. The summed E-state index contributed by atoms with van der Waals surface area (Å²) < 4.78 is 4.63. The highest BCUT2D eigenvalue weighted by atomic mass is 32.2. The SMILES string of the molecule is CO[C@]1(NC(=O)Cc2ccccc2O)C(=O)N2[C@@H](C(=O)O)C(C)(C)S[C@@H]21. The second-order valence-corrected chi connectivity index (χ2v) is 8.55. The molecule has 2 aliphatic rings. The summed E-state index contributed by atoms with van der Waals surface area (Å²) >= 11 is 1.28. The number of thioether (sulfide) groups is 1. The van der Waals surface area contributed by atoms with Crippen molar-refractivity contribution in [1.82, 2.24) is 10.2 Å². The number of ether oxygens (including phenoxy) is 1. The Kier molecular flexibility index (Phi) is 4.40. The Morgan fingerprint density at radius 1 is 1.35 bits per heavy atom. The van der Waals surface area contributed by atoms with Crippen molar-refractivity contribution in [2.45, 2.75) is 42.2 Å². The Labute approximate surface area is 154 Å².